The van der Waals surface area contributed by atoms with Crippen molar-refractivity contribution in [1.82, 2.24) is 5.32 Å². The van der Waals surface area contributed by atoms with E-state index in [1.807, 2.05) is 0 Å². The highest BCUT2D eigenvalue weighted by atomic mass is 35.5. The smallest absolute Gasteiger partial charge is 0.0934 e. The number of thiophene rings is 1. The average molecular weight is 188 g/mol. The molecular weight excluding hydrogens is 178 g/mol. The van der Waals surface area contributed by atoms with Crippen LogP contribution in [0.1, 0.15) is 16.9 Å². The molecule has 0 spiro atoms. The fraction of sp³-hybridized carbons (Fsp3) is 0.500. The Bertz CT molecular complexity index is 233. The molecule has 1 aromatic rings. The lowest BCUT2D eigenvalue weighted by atomic mass is 10.2. The van der Waals surface area contributed by atoms with Gasteiger partial charge in [0.1, 0.15) is 0 Å². The van der Waals surface area contributed by atoms with Crippen molar-refractivity contribution >= 4 is 22.9 Å². The second kappa shape index (κ2) is 3.13. The normalized spacial score (nSPS) is 17.5. The van der Waals surface area contributed by atoms with Gasteiger partial charge >= 0.3 is 0 Å². The summed E-state index contributed by atoms with van der Waals surface area (Å²) in [5.74, 6) is 0. The first-order chi connectivity index (χ1) is 5.36. The molecule has 0 radical (unpaired) electrons. The molecule has 2 rings (SSSR count). The van der Waals surface area contributed by atoms with E-state index in [2.05, 4.69) is 11.4 Å². The maximum absolute atomic E-state index is 5.89. The third-order valence-corrected chi connectivity index (χ3v) is 3.26. The summed E-state index contributed by atoms with van der Waals surface area (Å²) in [5, 5.41) is 3.37. The number of fused-ring (bicyclic) bond motifs is 1. The minimum absolute atomic E-state index is 0.929. The molecule has 1 N–H and O–H groups in total. The molecule has 0 aliphatic carbocycles. The van der Waals surface area contributed by atoms with E-state index in [0.29, 0.717) is 0 Å². The molecule has 1 aliphatic heterocycles. The summed E-state index contributed by atoms with van der Waals surface area (Å²) >= 11 is 7.60. The van der Waals surface area contributed by atoms with Gasteiger partial charge < -0.3 is 5.32 Å². The highest BCUT2D eigenvalue weighted by molar-refractivity contribution is 7.16. The van der Waals surface area contributed by atoms with Gasteiger partial charge in [-0.25, -0.2) is 0 Å². The Morgan fingerprint density at radius 3 is 3.36 bits per heavy atom. The van der Waals surface area contributed by atoms with Gasteiger partial charge in [0.05, 0.1) is 4.34 Å². The number of hydrogen-bond acceptors (Lipinski definition) is 2. The number of halogens is 1. The Morgan fingerprint density at radius 1 is 1.55 bits per heavy atom. The summed E-state index contributed by atoms with van der Waals surface area (Å²) in [7, 11) is 0. The van der Waals surface area contributed by atoms with Gasteiger partial charge in [0, 0.05) is 11.4 Å². The first kappa shape index (κ1) is 7.59. The van der Waals surface area contributed by atoms with Gasteiger partial charge in [-0.15, -0.1) is 11.3 Å². The van der Waals surface area contributed by atoms with Crippen LogP contribution in [0.2, 0.25) is 4.34 Å². The van der Waals surface area contributed by atoms with Crippen LogP contribution in [-0.2, 0) is 13.0 Å². The third kappa shape index (κ3) is 1.58. The van der Waals surface area contributed by atoms with E-state index in [-0.39, 0.29) is 0 Å². The summed E-state index contributed by atoms with van der Waals surface area (Å²) in [6.45, 7) is 2.14. The summed E-state index contributed by atoms with van der Waals surface area (Å²) < 4.78 is 0.929. The molecule has 0 atom stereocenters. The van der Waals surface area contributed by atoms with E-state index in [4.69, 9.17) is 11.6 Å². The first-order valence-electron chi connectivity index (χ1n) is 3.84. The summed E-state index contributed by atoms with van der Waals surface area (Å²) in [5.41, 5.74) is 1.45. The van der Waals surface area contributed by atoms with Crippen molar-refractivity contribution in [3.63, 3.8) is 0 Å². The largest absolute Gasteiger partial charge is 0.312 e. The second-order valence-corrected chi connectivity index (χ2v) is 4.55. The van der Waals surface area contributed by atoms with Crippen molar-refractivity contribution in [1.29, 1.82) is 0 Å². The minimum Gasteiger partial charge on any atom is -0.312 e. The van der Waals surface area contributed by atoms with Crippen LogP contribution in [0.3, 0.4) is 0 Å². The van der Waals surface area contributed by atoms with Gasteiger partial charge in [-0.2, -0.15) is 0 Å². The fourth-order valence-electron chi connectivity index (χ4n) is 1.40. The van der Waals surface area contributed by atoms with Crippen LogP contribution >= 0.6 is 22.9 Å². The predicted octanol–water partition coefficient (Wildman–Crippen LogP) is 2.44. The van der Waals surface area contributed by atoms with Crippen molar-refractivity contribution < 1.29 is 0 Å². The van der Waals surface area contributed by atoms with Gasteiger partial charge in [0.15, 0.2) is 0 Å². The first-order valence-corrected chi connectivity index (χ1v) is 5.03. The molecule has 60 valence electrons. The van der Waals surface area contributed by atoms with Crippen molar-refractivity contribution in [2.45, 2.75) is 19.4 Å². The van der Waals surface area contributed by atoms with Gasteiger partial charge in [-0.05, 0) is 31.0 Å². The molecule has 0 bridgehead atoms. The quantitative estimate of drug-likeness (QED) is 0.658. The molecule has 0 saturated carbocycles. The monoisotopic (exact) mass is 187 g/mol. The van der Waals surface area contributed by atoms with Gasteiger partial charge in [0.25, 0.3) is 0 Å². The van der Waals surface area contributed by atoms with Crippen LogP contribution < -0.4 is 5.32 Å². The summed E-state index contributed by atoms with van der Waals surface area (Å²) in [6, 6.07) is 2.11. The standard InChI is InChI=1S/C8H10ClNS/c9-8-4-6-2-1-3-10-5-7(6)11-8/h4,10H,1-3,5H2. The van der Waals surface area contributed by atoms with Gasteiger partial charge in [-0.3, -0.25) is 0 Å². The molecule has 1 nitrogen and oxygen atoms in total. The van der Waals surface area contributed by atoms with Crippen LogP contribution in [0, 0.1) is 0 Å². The molecule has 2 heterocycles. The molecule has 1 aliphatic rings. The lowest BCUT2D eigenvalue weighted by molar-refractivity contribution is 0.683. The Kier molecular flexibility index (Phi) is 2.16. The topological polar surface area (TPSA) is 12.0 Å². The van der Waals surface area contributed by atoms with Gasteiger partial charge in [0.2, 0.25) is 0 Å². The van der Waals surface area contributed by atoms with Crippen LogP contribution in [0.15, 0.2) is 6.07 Å². The molecule has 1 aromatic heterocycles. The number of aryl methyl sites for hydroxylation is 1. The molecular formula is C8H10ClNS. The van der Waals surface area contributed by atoms with Crippen LogP contribution in [0.4, 0.5) is 0 Å². The lowest BCUT2D eigenvalue weighted by Crippen LogP contribution is -2.11. The van der Waals surface area contributed by atoms with Crippen molar-refractivity contribution in [2.24, 2.45) is 0 Å². The van der Waals surface area contributed by atoms with E-state index in [1.54, 1.807) is 11.3 Å². The third-order valence-electron chi connectivity index (χ3n) is 1.95. The Labute approximate surface area is 75.4 Å². The van der Waals surface area contributed by atoms with E-state index >= 15 is 0 Å². The zero-order valence-electron chi connectivity index (χ0n) is 6.19. The zero-order chi connectivity index (χ0) is 7.68. The minimum atomic E-state index is 0.929. The lowest BCUT2D eigenvalue weighted by Gasteiger charge is -1.94. The van der Waals surface area contributed by atoms with Crippen molar-refractivity contribution in [3.05, 3.63) is 20.8 Å². The predicted molar refractivity (Wildman–Crippen MR) is 49.4 cm³/mol. The molecule has 3 heteroatoms. The molecule has 0 aromatic carbocycles. The fourth-order valence-corrected chi connectivity index (χ4v) is 2.71. The summed E-state index contributed by atoms with van der Waals surface area (Å²) in [4.78, 5) is 1.42. The molecule has 0 amide bonds. The highest BCUT2D eigenvalue weighted by Crippen LogP contribution is 2.28. The molecule has 0 saturated heterocycles. The van der Waals surface area contributed by atoms with Gasteiger partial charge in [-0.1, -0.05) is 11.6 Å². The van der Waals surface area contributed by atoms with E-state index < -0.39 is 0 Å². The summed E-state index contributed by atoms with van der Waals surface area (Å²) in [6.07, 6.45) is 2.42. The van der Waals surface area contributed by atoms with E-state index in [0.717, 1.165) is 17.4 Å². The highest BCUT2D eigenvalue weighted by Gasteiger charge is 2.09. The van der Waals surface area contributed by atoms with Crippen LogP contribution in [0.25, 0.3) is 0 Å². The van der Waals surface area contributed by atoms with Crippen LogP contribution in [0.5, 0.6) is 0 Å². The molecule has 0 unspecified atom stereocenters. The Hall–Kier alpha value is -0.0500. The zero-order valence-corrected chi connectivity index (χ0v) is 7.76. The SMILES string of the molecule is Clc1cc2c(s1)CNCCC2. The average Bonchev–Trinajstić information content (AvgIpc) is 2.17. The van der Waals surface area contributed by atoms with Crippen LogP contribution in [-0.4, -0.2) is 6.54 Å². The molecule has 0 fully saturated rings. The maximum atomic E-state index is 5.89. The second-order valence-electron chi connectivity index (χ2n) is 2.78. The maximum Gasteiger partial charge on any atom is 0.0934 e. The Morgan fingerprint density at radius 2 is 2.45 bits per heavy atom. The number of hydrogen-bond donors (Lipinski definition) is 1. The van der Waals surface area contributed by atoms with Crippen molar-refractivity contribution in [3.8, 4) is 0 Å². The van der Waals surface area contributed by atoms with E-state index in [9.17, 15) is 0 Å². The Balaban J connectivity index is 2.32. The number of rotatable bonds is 0. The van der Waals surface area contributed by atoms with Crippen molar-refractivity contribution in [2.75, 3.05) is 6.54 Å². The van der Waals surface area contributed by atoms with E-state index in [1.165, 1.54) is 23.3 Å². The number of nitrogens with one attached hydrogen (secondary N) is 1. The molecule has 11 heavy (non-hydrogen) atoms.